The maximum atomic E-state index is 10.9. The zero-order valence-electron chi connectivity index (χ0n) is 9.99. The van der Waals surface area contributed by atoms with E-state index in [1.165, 1.54) is 0 Å². The summed E-state index contributed by atoms with van der Waals surface area (Å²) in [7, 11) is 3.13. The highest BCUT2D eigenvalue weighted by Gasteiger charge is 2.19. The molecule has 1 aromatic rings. The average molecular weight is 303 g/mol. The Kier molecular flexibility index (Phi) is 4.81. The third-order valence-corrected chi connectivity index (χ3v) is 3.41. The quantitative estimate of drug-likeness (QED) is 0.908. The lowest BCUT2D eigenvalue weighted by molar-refractivity contribution is -0.141. The Hall–Kier alpha value is -1.23. The van der Waals surface area contributed by atoms with Gasteiger partial charge in [0.2, 0.25) is 0 Å². The molecule has 4 nitrogen and oxygen atoms in total. The van der Waals surface area contributed by atoms with Crippen LogP contribution < -0.4 is 9.47 Å². The number of hydrogen-bond acceptors (Lipinski definition) is 3. The van der Waals surface area contributed by atoms with Crippen molar-refractivity contribution < 1.29 is 19.4 Å². The minimum atomic E-state index is -0.832. The zero-order chi connectivity index (χ0) is 13.0. The first kappa shape index (κ1) is 13.8. The van der Waals surface area contributed by atoms with Gasteiger partial charge in [-0.2, -0.15) is 0 Å². The summed E-state index contributed by atoms with van der Waals surface area (Å²) in [6, 6.07) is 3.55. The SMILES string of the molecule is COc1ccc(OC)c(CC(C)C(=O)O)c1Br. The van der Waals surface area contributed by atoms with Crippen LogP contribution in [-0.4, -0.2) is 25.3 Å². The number of halogens is 1. The Morgan fingerprint density at radius 3 is 2.35 bits per heavy atom. The first-order chi connectivity index (χ1) is 8.01. The monoisotopic (exact) mass is 302 g/mol. The number of carboxylic acids is 1. The number of ether oxygens (including phenoxy) is 2. The number of carboxylic acid groups (broad SMARTS) is 1. The van der Waals surface area contributed by atoms with Crippen molar-refractivity contribution in [3.8, 4) is 11.5 Å². The maximum Gasteiger partial charge on any atom is 0.306 e. The molecule has 0 aromatic heterocycles. The molecule has 0 bridgehead atoms. The number of carbonyl (C=O) groups is 1. The van der Waals surface area contributed by atoms with Crippen molar-refractivity contribution in [2.45, 2.75) is 13.3 Å². The Balaban J connectivity index is 3.14. The van der Waals surface area contributed by atoms with Crippen molar-refractivity contribution >= 4 is 21.9 Å². The average Bonchev–Trinajstić information content (AvgIpc) is 2.31. The van der Waals surface area contributed by atoms with E-state index in [0.717, 1.165) is 10.0 Å². The van der Waals surface area contributed by atoms with Gasteiger partial charge in [0.1, 0.15) is 11.5 Å². The highest BCUT2D eigenvalue weighted by atomic mass is 79.9. The predicted molar refractivity (Wildman–Crippen MR) is 67.7 cm³/mol. The second-order valence-electron chi connectivity index (χ2n) is 3.71. The van der Waals surface area contributed by atoms with Crippen molar-refractivity contribution in [2.75, 3.05) is 14.2 Å². The Labute approximate surface area is 109 Å². The summed E-state index contributed by atoms with van der Waals surface area (Å²) in [6.07, 6.45) is 0.385. The summed E-state index contributed by atoms with van der Waals surface area (Å²) < 4.78 is 11.1. The Morgan fingerprint density at radius 1 is 1.35 bits per heavy atom. The number of hydrogen-bond donors (Lipinski definition) is 1. The van der Waals surface area contributed by atoms with Gasteiger partial charge >= 0.3 is 5.97 Å². The van der Waals surface area contributed by atoms with Gasteiger partial charge in [-0.1, -0.05) is 6.92 Å². The highest BCUT2D eigenvalue weighted by Crippen LogP contribution is 2.36. The number of aliphatic carboxylic acids is 1. The molecule has 1 atom stereocenters. The van der Waals surface area contributed by atoms with Crippen LogP contribution in [0.15, 0.2) is 16.6 Å². The largest absolute Gasteiger partial charge is 0.496 e. The van der Waals surface area contributed by atoms with Crippen LogP contribution in [-0.2, 0) is 11.2 Å². The summed E-state index contributed by atoms with van der Waals surface area (Å²) in [4.78, 5) is 10.9. The van der Waals surface area contributed by atoms with Crippen molar-refractivity contribution in [1.29, 1.82) is 0 Å². The maximum absolute atomic E-state index is 10.9. The third-order valence-electron chi connectivity index (χ3n) is 2.54. The van der Waals surface area contributed by atoms with E-state index >= 15 is 0 Å². The van der Waals surface area contributed by atoms with E-state index in [2.05, 4.69) is 15.9 Å². The van der Waals surface area contributed by atoms with Crippen LogP contribution in [0.4, 0.5) is 0 Å². The molecule has 1 rings (SSSR count). The normalized spacial score (nSPS) is 12.0. The molecule has 0 amide bonds. The van der Waals surface area contributed by atoms with Crippen LogP contribution in [0.5, 0.6) is 11.5 Å². The van der Waals surface area contributed by atoms with E-state index < -0.39 is 11.9 Å². The van der Waals surface area contributed by atoms with Gasteiger partial charge < -0.3 is 14.6 Å². The Bertz CT molecular complexity index is 417. The lowest BCUT2D eigenvalue weighted by atomic mass is 10.0. The first-order valence-electron chi connectivity index (χ1n) is 5.13. The number of methoxy groups -OCH3 is 2. The fraction of sp³-hybridized carbons (Fsp3) is 0.417. The second kappa shape index (κ2) is 5.91. The van der Waals surface area contributed by atoms with Gasteiger partial charge in [-0.05, 0) is 34.5 Å². The minimum Gasteiger partial charge on any atom is -0.496 e. The standard InChI is InChI=1S/C12H15BrO4/c1-7(12(14)15)6-8-9(16-2)4-5-10(17-3)11(8)13/h4-5,7H,6H2,1-3H3,(H,14,15). The topological polar surface area (TPSA) is 55.8 Å². The molecule has 0 heterocycles. The number of benzene rings is 1. The minimum absolute atomic E-state index is 0.385. The molecule has 0 saturated carbocycles. The summed E-state index contributed by atoms with van der Waals surface area (Å²) in [5, 5.41) is 8.94. The van der Waals surface area contributed by atoms with Gasteiger partial charge in [0, 0.05) is 5.56 Å². The molecule has 0 spiro atoms. The summed E-state index contributed by atoms with van der Waals surface area (Å²) in [5.41, 5.74) is 0.807. The molecular weight excluding hydrogens is 288 g/mol. The van der Waals surface area contributed by atoms with Gasteiger partial charge in [-0.25, -0.2) is 0 Å². The van der Waals surface area contributed by atoms with Crippen molar-refractivity contribution in [3.63, 3.8) is 0 Å². The van der Waals surface area contributed by atoms with Gasteiger partial charge in [-0.15, -0.1) is 0 Å². The molecule has 17 heavy (non-hydrogen) atoms. The van der Waals surface area contributed by atoms with Crippen LogP contribution in [0.25, 0.3) is 0 Å². The Morgan fingerprint density at radius 2 is 1.88 bits per heavy atom. The summed E-state index contributed by atoms with van der Waals surface area (Å²) in [6.45, 7) is 1.66. The van der Waals surface area contributed by atoms with Crippen molar-refractivity contribution in [3.05, 3.63) is 22.2 Å². The number of rotatable bonds is 5. The molecule has 1 N–H and O–H groups in total. The molecule has 0 aliphatic rings. The van der Waals surface area contributed by atoms with E-state index in [0.29, 0.717) is 17.9 Å². The smallest absolute Gasteiger partial charge is 0.306 e. The van der Waals surface area contributed by atoms with Crippen LogP contribution >= 0.6 is 15.9 Å². The molecular formula is C12H15BrO4. The lowest BCUT2D eigenvalue weighted by Gasteiger charge is -2.15. The molecule has 0 radical (unpaired) electrons. The van der Waals surface area contributed by atoms with Crippen LogP contribution in [0.3, 0.4) is 0 Å². The molecule has 0 fully saturated rings. The van der Waals surface area contributed by atoms with E-state index in [1.807, 2.05) is 0 Å². The second-order valence-corrected chi connectivity index (χ2v) is 4.50. The molecule has 1 aromatic carbocycles. The highest BCUT2D eigenvalue weighted by molar-refractivity contribution is 9.10. The molecule has 0 aliphatic heterocycles. The van der Waals surface area contributed by atoms with E-state index in [-0.39, 0.29) is 0 Å². The van der Waals surface area contributed by atoms with Gasteiger partial charge in [-0.3, -0.25) is 4.79 Å². The molecule has 1 unspecified atom stereocenters. The van der Waals surface area contributed by atoms with Crippen LogP contribution in [0.2, 0.25) is 0 Å². The summed E-state index contributed by atoms with van der Waals surface area (Å²) in [5.74, 6) is 0.0123. The van der Waals surface area contributed by atoms with Crippen LogP contribution in [0, 0.1) is 5.92 Å². The first-order valence-corrected chi connectivity index (χ1v) is 5.92. The molecule has 0 saturated heterocycles. The lowest BCUT2D eigenvalue weighted by Crippen LogP contribution is -2.13. The fourth-order valence-corrected chi connectivity index (χ4v) is 2.17. The fourth-order valence-electron chi connectivity index (χ4n) is 1.51. The van der Waals surface area contributed by atoms with Crippen molar-refractivity contribution in [1.82, 2.24) is 0 Å². The van der Waals surface area contributed by atoms with E-state index in [1.54, 1.807) is 33.3 Å². The molecule has 0 aliphatic carbocycles. The molecule has 5 heteroatoms. The van der Waals surface area contributed by atoms with Gasteiger partial charge in [0.05, 0.1) is 24.6 Å². The zero-order valence-corrected chi connectivity index (χ0v) is 11.6. The predicted octanol–water partition coefficient (Wildman–Crippen LogP) is 2.73. The van der Waals surface area contributed by atoms with Crippen molar-refractivity contribution in [2.24, 2.45) is 5.92 Å². The van der Waals surface area contributed by atoms with E-state index in [9.17, 15) is 4.79 Å². The summed E-state index contributed by atoms with van der Waals surface area (Å²) >= 11 is 3.41. The molecule has 94 valence electrons. The van der Waals surface area contributed by atoms with E-state index in [4.69, 9.17) is 14.6 Å². The van der Waals surface area contributed by atoms with Crippen LogP contribution in [0.1, 0.15) is 12.5 Å². The van der Waals surface area contributed by atoms with Gasteiger partial charge in [0.25, 0.3) is 0 Å². The van der Waals surface area contributed by atoms with Gasteiger partial charge in [0.15, 0.2) is 0 Å². The third kappa shape index (κ3) is 3.12.